The Morgan fingerprint density at radius 3 is 2.84 bits per heavy atom. The minimum atomic E-state index is 0.103. The first-order chi connectivity index (χ1) is 9.31. The molecule has 1 N–H and O–H groups in total. The lowest BCUT2D eigenvalue weighted by Gasteiger charge is -2.25. The summed E-state index contributed by atoms with van der Waals surface area (Å²) >= 11 is 5.32. The van der Waals surface area contributed by atoms with Crippen LogP contribution in [0.15, 0.2) is 34.1 Å². The molecule has 100 valence electrons. The number of halogens is 1. The second-order valence-electron chi connectivity index (χ2n) is 4.23. The third-order valence-corrected chi connectivity index (χ3v) is 5.04. The van der Waals surface area contributed by atoms with Crippen molar-refractivity contribution in [3.05, 3.63) is 44.6 Å². The number of para-hydroxylation sites is 1. The van der Waals surface area contributed by atoms with Gasteiger partial charge >= 0.3 is 0 Å². The third kappa shape index (κ3) is 2.38. The van der Waals surface area contributed by atoms with Gasteiger partial charge in [0.25, 0.3) is 0 Å². The second-order valence-corrected chi connectivity index (χ2v) is 6.03. The molecule has 0 saturated carbocycles. The van der Waals surface area contributed by atoms with Gasteiger partial charge in [0.2, 0.25) is 0 Å². The highest BCUT2D eigenvalue weighted by atomic mass is 79.9. The van der Waals surface area contributed by atoms with Crippen molar-refractivity contribution in [2.45, 2.75) is 6.04 Å². The monoisotopic (exact) mass is 339 g/mol. The van der Waals surface area contributed by atoms with Crippen LogP contribution in [0.1, 0.15) is 16.5 Å². The van der Waals surface area contributed by atoms with Crippen LogP contribution >= 0.6 is 27.3 Å². The summed E-state index contributed by atoms with van der Waals surface area (Å²) in [5, 5.41) is 5.44. The molecule has 0 spiro atoms. The number of fused-ring (bicyclic) bond motifs is 1. The van der Waals surface area contributed by atoms with E-state index in [0.717, 1.165) is 21.5 Å². The summed E-state index contributed by atoms with van der Waals surface area (Å²) in [6.45, 7) is 1.22. The van der Waals surface area contributed by atoms with Gasteiger partial charge in [0, 0.05) is 14.9 Å². The second kappa shape index (κ2) is 5.53. The summed E-state index contributed by atoms with van der Waals surface area (Å²) in [6.07, 6.45) is 0. The number of hydrogen-bond donors (Lipinski definition) is 1. The Kier molecular flexibility index (Phi) is 3.77. The predicted molar refractivity (Wildman–Crippen MR) is 80.4 cm³/mol. The minimum absolute atomic E-state index is 0.103. The van der Waals surface area contributed by atoms with E-state index in [9.17, 15) is 0 Å². The predicted octanol–water partition coefficient (Wildman–Crippen LogP) is 3.59. The minimum Gasteiger partial charge on any atom is -0.486 e. The summed E-state index contributed by atoms with van der Waals surface area (Å²) in [5.74, 6) is 1.69. The van der Waals surface area contributed by atoms with Crippen LogP contribution in [0.2, 0.25) is 0 Å². The molecule has 3 nitrogen and oxygen atoms in total. The molecule has 1 aliphatic rings. The van der Waals surface area contributed by atoms with Crippen LogP contribution in [0.4, 0.5) is 0 Å². The lowest BCUT2D eigenvalue weighted by atomic mass is 10.0. The van der Waals surface area contributed by atoms with Crippen molar-refractivity contribution >= 4 is 27.3 Å². The van der Waals surface area contributed by atoms with Gasteiger partial charge in [-0.05, 0) is 40.5 Å². The van der Waals surface area contributed by atoms with E-state index in [-0.39, 0.29) is 6.04 Å². The van der Waals surface area contributed by atoms with E-state index in [4.69, 9.17) is 9.47 Å². The van der Waals surface area contributed by atoms with Crippen molar-refractivity contribution in [2.75, 3.05) is 20.3 Å². The largest absolute Gasteiger partial charge is 0.486 e. The van der Waals surface area contributed by atoms with Crippen molar-refractivity contribution in [1.29, 1.82) is 0 Å². The van der Waals surface area contributed by atoms with Crippen molar-refractivity contribution in [2.24, 2.45) is 0 Å². The lowest BCUT2D eigenvalue weighted by Crippen LogP contribution is -2.21. The molecule has 1 aromatic heterocycles. The zero-order valence-electron chi connectivity index (χ0n) is 10.5. The number of hydrogen-bond acceptors (Lipinski definition) is 4. The maximum atomic E-state index is 5.80. The molecule has 5 heteroatoms. The normalized spacial score (nSPS) is 15.3. The molecule has 0 fully saturated rings. The molecule has 19 heavy (non-hydrogen) atoms. The van der Waals surface area contributed by atoms with Gasteiger partial charge in [-0.3, -0.25) is 0 Å². The van der Waals surface area contributed by atoms with Gasteiger partial charge in [-0.2, -0.15) is 0 Å². The number of benzene rings is 1. The van der Waals surface area contributed by atoms with Crippen LogP contribution in [0.25, 0.3) is 0 Å². The maximum absolute atomic E-state index is 5.80. The van der Waals surface area contributed by atoms with E-state index in [2.05, 4.69) is 38.8 Å². The number of nitrogens with one attached hydrogen (secondary N) is 1. The van der Waals surface area contributed by atoms with Crippen LogP contribution in [0, 0.1) is 0 Å². The molecule has 0 amide bonds. The summed E-state index contributed by atoms with van der Waals surface area (Å²) in [7, 11) is 1.96. The zero-order chi connectivity index (χ0) is 13.2. The van der Waals surface area contributed by atoms with Gasteiger partial charge < -0.3 is 14.8 Å². The molecule has 3 rings (SSSR count). The summed E-state index contributed by atoms with van der Waals surface area (Å²) in [6, 6.07) is 8.21. The van der Waals surface area contributed by atoms with E-state index in [0.29, 0.717) is 13.2 Å². The third-order valence-electron chi connectivity index (χ3n) is 3.10. The molecule has 1 aliphatic heterocycles. The Labute approximate surface area is 124 Å². The Morgan fingerprint density at radius 2 is 2.11 bits per heavy atom. The summed E-state index contributed by atoms with van der Waals surface area (Å²) in [5.41, 5.74) is 1.11. The zero-order valence-corrected chi connectivity index (χ0v) is 12.9. The molecule has 0 bridgehead atoms. The molecular weight excluding hydrogens is 326 g/mol. The van der Waals surface area contributed by atoms with E-state index in [1.54, 1.807) is 11.3 Å². The van der Waals surface area contributed by atoms with E-state index >= 15 is 0 Å². The van der Waals surface area contributed by atoms with Gasteiger partial charge in [0.05, 0.1) is 6.04 Å². The first-order valence-electron chi connectivity index (χ1n) is 6.10. The summed E-state index contributed by atoms with van der Waals surface area (Å²) in [4.78, 5) is 1.24. The highest BCUT2D eigenvalue weighted by Gasteiger charge is 2.24. The Morgan fingerprint density at radius 1 is 1.26 bits per heavy atom. The molecule has 1 atom stereocenters. The fourth-order valence-electron chi connectivity index (χ4n) is 2.26. The van der Waals surface area contributed by atoms with E-state index in [1.165, 1.54) is 4.88 Å². The van der Waals surface area contributed by atoms with Gasteiger partial charge in [-0.1, -0.05) is 12.1 Å². The standard InChI is InChI=1S/C14H14BrNO2S/c1-16-12(14-10(15)5-8-19-14)9-3-2-4-11-13(9)18-7-6-17-11/h2-5,8,12,16H,6-7H2,1H3. The topological polar surface area (TPSA) is 30.5 Å². The molecule has 0 saturated heterocycles. The Balaban J connectivity index is 2.07. The SMILES string of the molecule is CNC(c1cccc2c1OCCO2)c1sccc1Br. The molecule has 1 unspecified atom stereocenters. The van der Waals surface area contributed by atoms with Crippen LogP contribution in [-0.2, 0) is 0 Å². The molecule has 0 aliphatic carbocycles. The van der Waals surface area contributed by atoms with Crippen LogP contribution < -0.4 is 14.8 Å². The average Bonchev–Trinajstić information content (AvgIpc) is 2.86. The van der Waals surface area contributed by atoms with Crippen molar-refractivity contribution < 1.29 is 9.47 Å². The summed E-state index contributed by atoms with van der Waals surface area (Å²) < 4.78 is 12.6. The number of ether oxygens (including phenoxy) is 2. The molecule has 0 radical (unpaired) electrons. The van der Waals surface area contributed by atoms with Crippen LogP contribution in [0.3, 0.4) is 0 Å². The van der Waals surface area contributed by atoms with Crippen molar-refractivity contribution in [3.8, 4) is 11.5 Å². The fraction of sp³-hybridized carbons (Fsp3) is 0.286. The number of thiophene rings is 1. The quantitative estimate of drug-likeness (QED) is 0.926. The molecular formula is C14H14BrNO2S. The van der Waals surface area contributed by atoms with Gasteiger partial charge in [0.1, 0.15) is 13.2 Å². The molecule has 1 aromatic carbocycles. The van der Waals surface area contributed by atoms with Gasteiger partial charge in [0.15, 0.2) is 11.5 Å². The van der Waals surface area contributed by atoms with Crippen molar-refractivity contribution in [3.63, 3.8) is 0 Å². The van der Waals surface area contributed by atoms with E-state index < -0.39 is 0 Å². The highest BCUT2D eigenvalue weighted by molar-refractivity contribution is 9.10. The van der Waals surface area contributed by atoms with Crippen LogP contribution in [-0.4, -0.2) is 20.3 Å². The first kappa shape index (κ1) is 13.0. The lowest BCUT2D eigenvalue weighted by molar-refractivity contribution is 0.169. The maximum Gasteiger partial charge on any atom is 0.166 e. The van der Waals surface area contributed by atoms with Crippen LogP contribution in [0.5, 0.6) is 11.5 Å². The Bertz CT molecular complexity index is 585. The smallest absolute Gasteiger partial charge is 0.166 e. The number of rotatable bonds is 3. The highest BCUT2D eigenvalue weighted by Crippen LogP contribution is 2.41. The van der Waals surface area contributed by atoms with Gasteiger partial charge in [-0.25, -0.2) is 0 Å². The fourth-order valence-corrected chi connectivity index (χ4v) is 3.99. The molecule has 2 aromatic rings. The van der Waals surface area contributed by atoms with Gasteiger partial charge in [-0.15, -0.1) is 11.3 Å². The van der Waals surface area contributed by atoms with E-state index in [1.807, 2.05) is 19.2 Å². The Hall–Kier alpha value is -1.04. The average molecular weight is 340 g/mol. The van der Waals surface area contributed by atoms with Crippen molar-refractivity contribution in [1.82, 2.24) is 5.32 Å². The molecule has 2 heterocycles. The first-order valence-corrected chi connectivity index (χ1v) is 7.77.